The van der Waals surface area contributed by atoms with Crippen molar-refractivity contribution in [2.75, 3.05) is 43.4 Å². The molecular weight excluding hydrogens is 226 g/mol. The molecule has 2 heterocycles. The average Bonchev–Trinajstić information content (AvgIpc) is 2.28. The number of nitrogens with one attached hydrogen (secondary N) is 1. The van der Waals surface area contributed by atoms with Crippen LogP contribution in [0, 0.1) is 0 Å². The number of rotatable bonds is 2. The van der Waals surface area contributed by atoms with Crippen LogP contribution in [0.15, 0.2) is 12.3 Å². The van der Waals surface area contributed by atoms with Crippen LogP contribution in [0.4, 0.5) is 11.8 Å². The van der Waals surface area contributed by atoms with Crippen molar-refractivity contribution in [3.8, 4) is 0 Å². The number of likely N-dealkylation sites (N-methyl/N-ethyl adjacent to an activating group) is 1. The van der Waals surface area contributed by atoms with Crippen LogP contribution in [0.5, 0.6) is 0 Å². The van der Waals surface area contributed by atoms with E-state index in [1.165, 1.54) is 0 Å². The lowest BCUT2D eigenvalue weighted by Crippen LogP contribution is -2.44. The van der Waals surface area contributed by atoms with Crippen molar-refractivity contribution in [1.82, 2.24) is 14.9 Å². The standard InChI is InChI=1S/C13H23N5/c1-13(2,3)16-12-14-6-5-11(15-12)18-9-7-17(4)8-10-18/h5-6H,7-10H2,1-4H3,(H,14,15,16). The molecule has 0 aromatic carbocycles. The molecule has 0 radical (unpaired) electrons. The Bertz CT molecular complexity index is 391. The van der Waals surface area contributed by atoms with Gasteiger partial charge in [-0.25, -0.2) is 4.98 Å². The zero-order valence-corrected chi connectivity index (χ0v) is 11.8. The number of hydrogen-bond acceptors (Lipinski definition) is 5. The molecule has 0 unspecified atom stereocenters. The third-order valence-corrected chi connectivity index (χ3v) is 2.95. The van der Waals surface area contributed by atoms with Crippen molar-refractivity contribution >= 4 is 11.8 Å². The minimum Gasteiger partial charge on any atom is -0.354 e. The molecule has 0 aliphatic carbocycles. The van der Waals surface area contributed by atoms with Crippen LogP contribution in [0.25, 0.3) is 0 Å². The Labute approximate surface area is 109 Å². The van der Waals surface area contributed by atoms with Gasteiger partial charge in [-0.05, 0) is 33.9 Å². The van der Waals surface area contributed by atoms with E-state index in [9.17, 15) is 0 Å². The molecule has 5 nitrogen and oxygen atoms in total. The Morgan fingerprint density at radius 1 is 1.17 bits per heavy atom. The SMILES string of the molecule is CN1CCN(c2ccnc(NC(C)(C)C)n2)CC1. The van der Waals surface area contributed by atoms with E-state index in [0.717, 1.165) is 32.0 Å². The van der Waals surface area contributed by atoms with Crippen molar-refractivity contribution in [2.45, 2.75) is 26.3 Å². The fourth-order valence-electron chi connectivity index (χ4n) is 1.96. The molecule has 0 spiro atoms. The Morgan fingerprint density at radius 3 is 2.44 bits per heavy atom. The lowest BCUT2D eigenvalue weighted by atomic mass is 10.1. The first kappa shape index (κ1) is 13.1. The van der Waals surface area contributed by atoms with E-state index in [0.29, 0.717) is 5.95 Å². The summed E-state index contributed by atoms with van der Waals surface area (Å²) in [6.45, 7) is 10.6. The molecule has 1 saturated heterocycles. The van der Waals surface area contributed by atoms with Crippen LogP contribution in [0.3, 0.4) is 0 Å². The first-order valence-electron chi connectivity index (χ1n) is 6.49. The summed E-state index contributed by atoms with van der Waals surface area (Å²) in [5.74, 6) is 1.73. The van der Waals surface area contributed by atoms with Gasteiger partial charge in [0.25, 0.3) is 0 Å². The summed E-state index contributed by atoms with van der Waals surface area (Å²) in [6, 6.07) is 1.99. The highest BCUT2D eigenvalue weighted by atomic mass is 15.3. The highest BCUT2D eigenvalue weighted by molar-refractivity contribution is 5.43. The number of piperazine rings is 1. The maximum atomic E-state index is 4.59. The maximum Gasteiger partial charge on any atom is 0.225 e. The molecule has 0 atom stereocenters. The first-order chi connectivity index (χ1) is 8.44. The molecular formula is C13H23N5. The second kappa shape index (κ2) is 5.10. The summed E-state index contributed by atoms with van der Waals surface area (Å²) in [6.07, 6.45) is 1.83. The molecule has 5 heteroatoms. The minimum absolute atomic E-state index is 0.0132. The molecule has 1 fully saturated rings. The van der Waals surface area contributed by atoms with E-state index in [1.54, 1.807) is 0 Å². The van der Waals surface area contributed by atoms with Crippen molar-refractivity contribution < 1.29 is 0 Å². The monoisotopic (exact) mass is 249 g/mol. The van der Waals surface area contributed by atoms with Gasteiger partial charge in [0.15, 0.2) is 0 Å². The predicted molar refractivity (Wildman–Crippen MR) is 75.1 cm³/mol. The molecule has 18 heavy (non-hydrogen) atoms. The number of nitrogens with zero attached hydrogens (tertiary/aromatic N) is 4. The van der Waals surface area contributed by atoms with Crippen LogP contribution in [-0.2, 0) is 0 Å². The Kier molecular flexibility index (Phi) is 3.71. The highest BCUT2D eigenvalue weighted by Gasteiger charge is 2.17. The lowest BCUT2D eigenvalue weighted by molar-refractivity contribution is 0.312. The van der Waals surface area contributed by atoms with Crippen molar-refractivity contribution in [1.29, 1.82) is 0 Å². The topological polar surface area (TPSA) is 44.3 Å². The van der Waals surface area contributed by atoms with Crippen LogP contribution < -0.4 is 10.2 Å². The van der Waals surface area contributed by atoms with Gasteiger partial charge in [-0.3, -0.25) is 0 Å². The summed E-state index contributed by atoms with van der Waals surface area (Å²) in [4.78, 5) is 13.5. The second-order valence-corrected chi connectivity index (χ2v) is 5.90. The molecule has 100 valence electrons. The normalized spacial score (nSPS) is 17.9. The third-order valence-electron chi connectivity index (χ3n) is 2.95. The molecule has 1 N–H and O–H groups in total. The number of anilines is 2. The van der Waals surface area contributed by atoms with E-state index >= 15 is 0 Å². The average molecular weight is 249 g/mol. The zero-order valence-electron chi connectivity index (χ0n) is 11.8. The van der Waals surface area contributed by atoms with Gasteiger partial charge in [0.05, 0.1) is 0 Å². The van der Waals surface area contributed by atoms with Crippen molar-refractivity contribution in [2.24, 2.45) is 0 Å². The molecule has 0 bridgehead atoms. The van der Waals surface area contributed by atoms with E-state index < -0.39 is 0 Å². The molecule has 1 aromatic heterocycles. The van der Waals surface area contributed by atoms with Crippen molar-refractivity contribution in [3.05, 3.63) is 12.3 Å². The Hall–Kier alpha value is -1.36. The smallest absolute Gasteiger partial charge is 0.225 e. The Morgan fingerprint density at radius 2 is 1.83 bits per heavy atom. The van der Waals surface area contributed by atoms with Gasteiger partial charge in [-0.1, -0.05) is 0 Å². The molecule has 1 aliphatic rings. The van der Waals surface area contributed by atoms with Gasteiger partial charge in [0.2, 0.25) is 5.95 Å². The van der Waals surface area contributed by atoms with E-state index in [2.05, 4.69) is 52.9 Å². The van der Waals surface area contributed by atoms with E-state index in [1.807, 2.05) is 12.3 Å². The molecule has 2 rings (SSSR count). The zero-order chi connectivity index (χ0) is 13.2. The summed E-state index contributed by atoms with van der Waals surface area (Å²) < 4.78 is 0. The Balaban J connectivity index is 2.07. The first-order valence-corrected chi connectivity index (χ1v) is 6.49. The van der Waals surface area contributed by atoms with Crippen LogP contribution in [0.2, 0.25) is 0 Å². The summed E-state index contributed by atoms with van der Waals surface area (Å²) >= 11 is 0. The summed E-state index contributed by atoms with van der Waals surface area (Å²) in [5, 5.41) is 3.31. The fourth-order valence-corrected chi connectivity index (χ4v) is 1.96. The van der Waals surface area contributed by atoms with Gasteiger partial charge < -0.3 is 15.1 Å². The number of aromatic nitrogens is 2. The summed E-state index contributed by atoms with van der Waals surface area (Å²) in [7, 11) is 2.16. The molecule has 0 amide bonds. The summed E-state index contributed by atoms with van der Waals surface area (Å²) in [5.41, 5.74) is -0.0132. The second-order valence-electron chi connectivity index (χ2n) is 5.90. The molecule has 1 aliphatic heterocycles. The van der Waals surface area contributed by atoms with Crippen LogP contribution >= 0.6 is 0 Å². The van der Waals surface area contributed by atoms with Gasteiger partial charge >= 0.3 is 0 Å². The van der Waals surface area contributed by atoms with Gasteiger partial charge in [0.1, 0.15) is 5.82 Å². The van der Waals surface area contributed by atoms with E-state index in [-0.39, 0.29) is 5.54 Å². The fraction of sp³-hybridized carbons (Fsp3) is 0.692. The van der Waals surface area contributed by atoms with Gasteiger partial charge in [-0.2, -0.15) is 4.98 Å². The van der Waals surface area contributed by atoms with Gasteiger partial charge in [-0.15, -0.1) is 0 Å². The highest BCUT2D eigenvalue weighted by Crippen LogP contribution is 2.16. The van der Waals surface area contributed by atoms with E-state index in [4.69, 9.17) is 0 Å². The quantitative estimate of drug-likeness (QED) is 0.859. The van der Waals surface area contributed by atoms with Crippen molar-refractivity contribution in [3.63, 3.8) is 0 Å². The third kappa shape index (κ3) is 3.57. The lowest BCUT2D eigenvalue weighted by Gasteiger charge is -2.33. The minimum atomic E-state index is -0.0132. The van der Waals surface area contributed by atoms with Crippen LogP contribution in [-0.4, -0.2) is 53.6 Å². The van der Waals surface area contributed by atoms with Gasteiger partial charge in [0, 0.05) is 37.9 Å². The molecule has 0 saturated carbocycles. The number of hydrogen-bond donors (Lipinski definition) is 1. The predicted octanol–water partition coefficient (Wildman–Crippen LogP) is 1.44. The largest absolute Gasteiger partial charge is 0.354 e. The molecule has 1 aromatic rings. The maximum absolute atomic E-state index is 4.59. The van der Waals surface area contributed by atoms with Crippen LogP contribution in [0.1, 0.15) is 20.8 Å².